The van der Waals surface area contributed by atoms with Gasteiger partial charge in [0.05, 0.1) is 5.69 Å². The Labute approximate surface area is 144 Å². The van der Waals surface area contributed by atoms with Crippen LogP contribution in [0.1, 0.15) is 28.5 Å². The Balaban J connectivity index is 1.89. The Bertz CT molecular complexity index is 698. The predicted molar refractivity (Wildman–Crippen MR) is 95.9 cm³/mol. The second-order valence-electron chi connectivity index (χ2n) is 5.22. The van der Waals surface area contributed by atoms with Crippen LogP contribution in [0.15, 0.2) is 29.6 Å². The molecule has 23 heavy (non-hydrogen) atoms. The molecule has 0 aliphatic rings. The molecule has 1 N–H and O–H groups in total. The van der Waals surface area contributed by atoms with Gasteiger partial charge in [0.1, 0.15) is 0 Å². The van der Waals surface area contributed by atoms with Crippen LogP contribution in [0.5, 0.6) is 0 Å². The molecule has 0 aliphatic heterocycles. The normalized spacial score (nSPS) is 10.4. The van der Waals surface area contributed by atoms with Crippen molar-refractivity contribution in [1.82, 2.24) is 9.88 Å². The van der Waals surface area contributed by atoms with E-state index in [1.807, 2.05) is 29.6 Å². The minimum Gasteiger partial charge on any atom is -0.345 e. The first-order valence-electron chi connectivity index (χ1n) is 7.06. The van der Waals surface area contributed by atoms with Crippen molar-refractivity contribution < 1.29 is 9.59 Å². The zero-order valence-corrected chi connectivity index (χ0v) is 15.0. The molecule has 122 valence electrons. The lowest BCUT2D eigenvalue weighted by Gasteiger charge is -2.11. The molecule has 1 aromatic carbocycles. The number of rotatable bonds is 6. The standard InChI is InChI=1S/C16H19N3O2S2/c1-11(20)17-16-18-14(10-23-16)9-22-8-12-5-4-6-13(7-12)15(21)19(2)3/h4-7,10H,8-9H2,1-3H3,(H,17,18,20). The molecule has 0 saturated heterocycles. The lowest BCUT2D eigenvalue weighted by molar-refractivity contribution is -0.114. The number of benzene rings is 1. The first-order valence-corrected chi connectivity index (χ1v) is 9.09. The fraction of sp³-hybridized carbons (Fsp3) is 0.312. The number of thiazole rings is 1. The quantitative estimate of drug-likeness (QED) is 0.870. The van der Waals surface area contributed by atoms with Crippen molar-refractivity contribution in [2.75, 3.05) is 19.4 Å². The molecule has 0 fully saturated rings. The van der Waals surface area contributed by atoms with Crippen LogP contribution in [0.4, 0.5) is 5.13 Å². The van der Waals surface area contributed by atoms with E-state index in [4.69, 9.17) is 0 Å². The summed E-state index contributed by atoms with van der Waals surface area (Å²) in [5.41, 5.74) is 2.76. The highest BCUT2D eigenvalue weighted by Crippen LogP contribution is 2.22. The van der Waals surface area contributed by atoms with E-state index in [2.05, 4.69) is 10.3 Å². The molecule has 5 nitrogen and oxygen atoms in total. The maximum atomic E-state index is 12.0. The molecule has 1 heterocycles. The third-order valence-corrected chi connectivity index (χ3v) is 4.78. The lowest BCUT2D eigenvalue weighted by Crippen LogP contribution is -2.21. The first-order chi connectivity index (χ1) is 11.0. The van der Waals surface area contributed by atoms with Crippen LogP contribution >= 0.6 is 23.1 Å². The van der Waals surface area contributed by atoms with Crippen LogP contribution in [-0.4, -0.2) is 35.8 Å². The molecule has 0 saturated carbocycles. The van der Waals surface area contributed by atoms with Gasteiger partial charge in [0.15, 0.2) is 5.13 Å². The largest absolute Gasteiger partial charge is 0.345 e. The number of thioether (sulfide) groups is 1. The van der Waals surface area contributed by atoms with Crippen LogP contribution in [0, 0.1) is 0 Å². The van der Waals surface area contributed by atoms with E-state index in [0.29, 0.717) is 10.7 Å². The van der Waals surface area contributed by atoms with Gasteiger partial charge in [-0.15, -0.1) is 11.3 Å². The molecule has 0 atom stereocenters. The van der Waals surface area contributed by atoms with Gasteiger partial charge in [0.2, 0.25) is 5.91 Å². The Morgan fingerprint density at radius 3 is 2.78 bits per heavy atom. The van der Waals surface area contributed by atoms with E-state index in [-0.39, 0.29) is 11.8 Å². The van der Waals surface area contributed by atoms with Crippen molar-refractivity contribution in [3.63, 3.8) is 0 Å². The zero-order chi connectivity index (χ0) is 16.8. The Hall–Kier alpha value is -1.86. The molecule has 2 amide bonds. The molecule has 0 aliphatic carbocycles. The van der Waals surface area contributed by atoms with Crippen molar-refractivity contribution in [3.8, 4) is 0 Å². The Morgan fingerprint density at radius 1 is 1.30 bits per heavy atom. The average molecular weight is 349 g/mol. The second-order valence-corrected chi connectivity index (χ2v) is 7.06. The molecule has 0 spiro atoms. The van der Waals surface area contributed by atoms with Gasteiger partial charge >= 0.3 is 0 Å². The molecule has 0 radical (unpaired) electrons. The summed E-state index contributed by atoms with van der Waals surface area (Å²) in [6.45, 7) is 1.47. The van der Waals surface area contributed by atoms with Crippen molar-refractivity contribution >= 4 is 40.0 Å². The minimum absolute atomic E-state index is 0.0105. The topological polar surface area (TPSA) is 62.3 Å². The number of nitrogens with one attached hydrogen (secondary N) is 1. The van der Waals surface area contributed by atoms with Crippen molar-refractivity contribution in [2.24, 2.45) is 0 Å². The van der Waals surface area contributed by atoms with E-state index >= 15 is 0 Å². The number of carbonyl (C=O) groups excluding carboxylic acids is 2. The number of hydrogen-bond donors (Lipinski definition) is 1. The SMILES string of the molecule is CC(=O)Nc1nc(CSCc2cccc(C(=O)N(C)C)c2)cs1. The van der Waals surface area contributed by atoms with Gasteiger partial charge in [0, 0.05) is 43.5 Å². The van der Waals surface area contributed by atoms with Crippen molar-refractivity contribution in [1.29, 1.82) is 0 Å². The summed E-state index contributed by atoms with van der Waals surface area (Å²) in [5, 5.41) is 5.26. The van der Waals surface area contributed by atoms with E-state index in [1.54, 1.807) is 30.8 Å². The number of anilines is 1. The first kappa shape index (κ1) is 17.5. The predicted octanol–water partition coefficient (Wildman–Crippen LogP) is 3.24. The molecule has 2 rings (SSSR count). The zero-order valence-electron chi connectivity index (χ0n) is 13.3. The highest BCUT2D eigenvalue weighted by Gasteiger charge is 2.08. The molecule has 0 bridgehead atoms. The van der Waals surface area contributed by atoms with Crippen molar-refractivity contribution in [3.05, 3.63) is 46.5 Å². The molecular formula is C16H19N3O2S2. The fourth-order valence-corrected chi connectivity index (χ4v) is 3.64. The van der Waals surface area contributed by atoms with Gasteiger partial charge in [-0.1, -0.05) is 12.1 Å². The summed E-state index contributed by atoms with van der Waals surface area (Å²) >= 11 is 3.15. The summed E-state index contributed by atoms with van der Waals surface area (Å²) in [4.78, 5) is 28.9. The Kier molecular flexibility index (Phi) is 6.18. The summed E-state index contributed by atoms with van der Waals surface area (Å²) in [6.07, 6.45) is 0. The molecule has 1 aromatic heterocycles. The van der Waals surface area contributed by atoms with Crippen LogP contribution < -0.4 is 5.32 Å². The highest BCUT2D eigenvalue weighted by atomic mass is 32.2. The van der Waals surface area contributed by atoms with Gasteiger partial charge < -0.3 is 10.2 Å². The minimum atomic E-state index is -0.110. The van der Waals surface area contributed by atoms with E-state index in [1.165, 1.54) is 18.3 Å². The van der Waals surface area contributed by atoms with Crippen LogP contribution in [-0.2, 0) is 16.3 Å². The molecular weight excluding hydrogens is 330 g/mol. The number of hydrogen-bond acceptors (Lipinski definition) is 5. The lowest BCUT2D eigenvalue weighted by atomic mass is 10.1. The summed E-state index contributed by atoms with van der Waals surface area (Å²) in [7, 11) is 3.50. The summed E-state index contributed by atoms with van der Waals surface area (Å²) < 4.78 is 0. The molecule has 2 aromatic rings. The third kappa shape index (κ3) is 5.37. The van der Waals surface area contributed by atoms with E-state index < -0.39 is 0 Å². The van der Waals surface area contributed by atoms with E-state index in [0.717, 1.165) is 22.8 Å². The van der Waals surface area contributed by atoms with Gasteiger partial charge in [-0.25, -0.2) is 4.98 Å². The third-order valence-electron chi connectivity index (χ3n) is 2.93. The summed E-state index contributed by atoms with van der Waals surface area (Å²) in [6, 6.07) is 7.68. The second kappa shape index (κ2) is 8.12. The molecule has 0 unspecified atom stereocenters. The van der Waals surface area contributed by atoms with Crippen LogP contribution in [0.25, 0.3) is 0 Å². The maximum absolute atomic E-state index is 12.0. The van der Waals surface area contributed by atoms with Gasteiger partial charge in [-0.2, -0.15) is 11.8 Å². The number of aromatic nitrogens is 1. The fourth-order valence-electron chi connectivity index (χ4n) is 1.91. The smallest absolute Gasteiger partial charge is 0.253 e. The van der Waals surface area contributed by atoms with E-state index in [9.17, 15) is 9.59 Å². The summed E-state index contributed by atoms with van der Waals surface area (Å²) in [5.74, 6) is 1.47. The van der Waals surface area contributed by atoms with Crippen LogP contribution in [0.3, 0.4) is 0 Å². The van der Waals surface area contributed by atoms with Gasteiger partial charge in [0.25, 0.3) is 5.91 Å². The maximum Gasteiger partial charge on any atom is 0.253 e. The molecule has 7 heteroatoms. The Morgan fingerprint density at radius 2 is 2.09 bits per heavy atom. The highest BCUT2D eigenvalue weighted by molar-refractivity contribution is 7.97. The average Bonchev–Trinajstić information content (AvgIpc) is 2.93. The number of carbonyl (C=O) groups is 2. The number of amides is 2. The monoisotopic (exact) mass is 349 g/mol. The van der Waals surface area contributed by atoms with Crippen molar-refractivity contribution in [2.45, 2.75) is 18.4 Å². The van der Waals surface area contributed by atoms with Gasteiger partial charge in [-0.05, 0) is 17.7 Å². The number of nitrogens with zero attached hydrogens (tertiary/aromatic N) is 2. The van der Waals surface area contributed by atoms with Crippen LogP contribution in [0.2, 0.25) is 0 Å². The van der Waals surface area contributed by atoms with Gasteiger partial charge in [-0.3, -0.25) is 9.59 Å².